The molecule has 0 spiro atoms. The van der Waals surface area contributed by atoms with Gasteiger partial charge in [0.25, 0.3) is 0 Å². The van der Waals surface area contributed by atoms with E-state index in [0.717, 1.165) is 0 Å². The lowest BCUT2D eigenvalue weighted by Crippen LogP contribution is -2.49. The number of carbonyl (C=O) groups is 2. The Morgan fingerprint density at radius 2 is 2.00 bits per heavy atom. The van der Waals surface area contributed by atoms with Gasteiger partial charge in [-0.1, -0.05) is 6.92 Å². The largest absolute Gasteiger partial charge is 0.478 e. The van der Waals surface area contributed by atoms with Crippen molar-refractivity contribution in [2.24, 2.45) is 0 Å². The molecule has 5 nitrogen and oxygen atoms in total. The highest BCUT2D eigenvalue weighted by Gasteiger charge is 2.26. The van der Waals surface area contributed by atoms with Gasteiger partial charge >= 0.3 is 5.97 Å². The van der Waals surface area contributed by atoms with E-state index >= 15 is 0 Å². The predicted octanol–water partition coefficient (Wildman–Crippen LogP) is 2.47. The van der Waals surface area contributed by atoms with Crippen LogP contribution in [0.4, 0.5) is 5.69 Å². The smallest absolute Gasteiger partial charge is 0.335 e. The molecule has 1 aromatic carbocycles. The van der Waals surface area contributed by atoms with Crippen molar-refractivity contribution in [2.75, 3.05) is 11.9 Å². The number of carboxylic acid groups (broad SMARTS) is 1. The number of anilines is 1. The van der Waals surface area contributed by atoms with Crippen molar-refractivity contribution in [1.29, 1.82) is 0 Å². The van der Waals surface area contributed by atoms with Crippen LogP contribution in [0.15, 0.2) is 22.7 Å². The zero-order chi connectivity index (χ0) is 14.6. The van der Waals surface area contributed by atoms with E-state index in [1.807, 2.05) is 6.92 Å². The minimum Gasteiger partial charge on any atom is -0.478 e. The second kappa shape index (κ2) is 6.16. The summed E-state index contributed by atoms with van der Waals surface area (Å²) in [5.41, 5.74) is 0.0106. The molecule has 1 aromatic rings. The molecule has 0 aliphatic carbocycles. The first-order valence-electron chi connectivity index (χ1n) is 5.87. The number of hydrogen-bond donors (Lipinski definition) is 3. The van der Waals surface area contributed by atoms with Crippen molar-refractivity contribution in [3.8, 4) is 0 Å². The summed E-state index contributed by atoms with van der Waals surface area (Å²) in [7, 11) is 0. The molecule has 0 aliphatic heterocycles. The molecule has 0 radical (unpaired) electrons. The van der Waals surface area contributed by atoms with Crippen molar-refractivity contribution >= 4 is 33.5 Å². The van der Waals surface area contributed by atoms with Crippen molar-refractivity contribution in [2.45, 2.75) is 26.3 Å². The third-order valence-electron chi connectivity index (χ3n) is 2.65. The highest BCUT2D eigenvalue weighted by molar-refractivity contribution is 9.10. The Labute approximate surface area is 120 Å². The molecule has 104 valence electrons. The number of nitrogens with one attached hydrogen (secondary N) is 2. The molecule has 0 aliphatic rings. The molecular formula is C13H17BrN2O3. The van der Waals surface area contributed by atoms with E-state index in [4.69, 9.17) is 5.11 Å². The van der Waals surface area contributed by atoms with E-state index < -0.39 is 11.5 Å². The highest BCUT2D eigenvalue weighted by atomic mass is 79.9. The SMILES string of the molecule is CCNC(C)(C)C(=O)Nc1ccc(C(=O)O)cc1Br. The standard InChI is InChI=1S/C13H17BrN2O3/c1-4-15-13(2,3)12(19)16-10-6-5-8(11(17)18)7-9(10)14/h5-7,15H,4H2,1-3H3,(H,16,19)(H,17,18). The Bertz CT molecular complexity index is 501. The molecule has 0 unspecified atom stereocenters. The van der Waals surface area contributed by atoms with E-state index in [1.165, 1.54) is 12.1 Å². The van der Waals surface area contributed by atoms with Crippen LogP contribution in [0.25, 0.3) is 0 Å². The predicted molar refractivity (Wildman–Crippen MR) is 77.5 cm³/mol. The lowest BCUT2D eigenvalue weighted by molar-refractivity contribution is -0.121. The maximum atomic E-state index is 12.1. The van der Waals surface area contributed by atoms with Gasteiger partial charge in [0.05, 0.1) is 16.8 Å². The Morgan fingerprint density at radius 3 is 2.47 bits per heavy atom. The van der Waals surface area contributed by atoms with Gasteiger partial charge in [0.15, 0.2) is 0 Å². The van der Waals surface area contributed by atoms with Crippen LogP contribution < -0.4 is 10.6 Å². The number of aromatic carboxylic acids is 1. The van der Waals surface area contributed by atoms with Crippen LogP contribution in [0, 0.1) is 0 Å². The summed E-state index contributed by atoms with van der Waals surface area (Å²) in [5, 5.41) is 14.7. The van der Waals surface area contributed by atoms with Gasteiger partial charge < -0.3 is 15.7 Å². The molecule has 0 fully saturated rings. The van der Waals surface area contributed by atoms with Crippen LogP contribution in [0.3, 0.4) is 0 Å². The quantitative estimate of drug-likeness (QED) is 0.775. The summed E-state index contributed by atoms with van der Waals surface area (Å²) < 4.78 is 0.535. The molecule has 0 bridgehead atoms. The monoisotopic (exact) mass is 328 g/mol. The normalized spacial score (nSPS) is 11.2. The maximum Gasteiger partial charge on any atom is 0.335 e. The third-order valence-corrected chi connectivity index (χ3v) is 3.31. The number of hydrogen-bond acceptors (Lipinski definition) is 3. The summed E-state index contributed by atoms with van der Waals surface area (Å²) in [4.78, 5) is 22.9. The maximum absolute atomic E-state index is 12.1. The Morgan fingerprint density at radius 1 is 1.37 bits per heavy atom. The van der Waals surface area contributed by atoms with Crippen LogP contribution in [0.5, 0.6) is 0 Å². The summed E-state index contributed by atoms with van der Waals surface area (Å²) >= 11 is 3.25. The Balaban J connectivity index is 2.89. The zero-order valence-electron chi connectivity index (χ0n) is 11.1. The second-order valence-corrected chi connectivity index (χ2v) is 5.46. The number of halogens is 1. The first kappa shape index (κ1) is 15.7. The van der Waals surface area contributed by atoms with Crippen LogP contribution in [0.2, 0.25) is 0 Å². The highest BCUT2D eigenvalue weighted by Crippen LogP contribution is 2.24. The summed E-state index contributed by atoms with van der Waals surface area (Å²) in [6.45, 7) is 6.17. The van der Waals surface area contributed by atoms with Crippen LogP contribution in [-0.4, -0.2) is 29.1 Å². The number of likely N-dealkylation sites (N-methyl/N-ethyl adjacent to an activating group) is 1. The molecule has 19 heavy (non-hydrogen) atoms. The minimum absolute atomic E-state index is 0.163. The zero-order valence-corrected chi connectivity index (χ0v) is 12.7. The first-order valence-corrected chi connectivity index (χ1v) is 6.66. The lowest BCUT2D eigenvalue weighted by atomic mass is 10.0. The van der Waals surface area contributed by atoms with Gasteiger partial charge in [0.2, 0.25) is 5.91 Å². The van der Waals surface area contributed by atoms with Crippen molar-refractivity contribution in [3.05, 3.63) is 28.2 Å². The van der Waals surface area contributed by atoms with E-state index in [0.29, 0.717) is 16.7 Å². The van der Waals surface area contributed by atoms with Gasteiger partial charge in [-0.2, -0.15) is 0 Å². The minimum atomic E-state index is -1.01. The molecule has 0 aromatic heterocycles. The molecule has 0 heterocycles. The first-order chi connectivity index (χ1) is 8.77. The average Bonchev–Trinajstić information content (AvgIpc) is 2.31. The van der Waals surface area contributed by atoms with Gasteiger partial charge in [-0.15, -0.1) is 0 Å². The molecule has 0 atom stereocenters. The topological polar surface area (TPSA) is 78.4 Å². The van der Waals surface area contributed by atoms with Crippen molar-refractivity contribution in [1.82, 2.24) is 5.32 Å². The van der Waals surface area contributed by atoms with Gasteiger partial charge in [-0.05, 0) is 54.5 Å². The fourth-order valence-corrected chi connectivity index (χ4v) is 2.03. The fraction of sp³-hybridized carbons (Fsp3) is 0.385. The van der Waals surface area contributed by atoms with Crippen LogP contribution in [-0.2, 0) is 4.79 Å². The van der Waals surface area contributed by atoms with E-state index in [1.54, 1.807) is 19.9 Å². The number of carboxylic acids is 1. The van der Waals surface area contributed by atoms with E-state index in [-0.39, 0.29) is 11.5 Å². The molecule has 0 saturated heterocycles. The number of benzene rings is 1. The fourth-order valence-electron chi connectivity index (χ4n) is 1.55. The molecule has 6 heteroatoms. The van der Waals surface area contributed by atoms with Gasteiger partial charge in [-0.25, -0.2) is 4.79 Å². The summed E-state index contributed by atoms with van der Waals surface area (Å²) in [6.07, 6.45) is 0. The molecule has 1 amide bonds. The average molecular weight is 329 g/mol. The van der Waals surface area contributed by atoms with E-state index in [9.17, 15) is 9.59 Å². The molecule has 0 saturated carbocycles. The number of rotatable bonds is 5. The van der Waals surface area contributed by atoms with Gasteiger partial charge in [0.1, 0.15) is 0 Å². The molecule has 3 N–H and O–H groups in total. The third kappa shape index (κ3) is 4.04. The van der Waals surface area contributed by atoms with Gasteiger partial charge in [0, 0.05) is 4.47 Å². The van der Waals surface area contributed by atoms with Crippen LogP contribution in [0.1, 0.15) is 31.1 Å². The van der Waals surface area contributed by atoms with Gasteiger partial charge in [-0.3, -0.25) is 4.79 Å². The number of amides is 1. The molecule has 1 rings (SSSR count). The number of carbonyl (C=O) groups excluding carboxylic acids is 1. The van der Waals surface area contributed by atoms with Crippen molar-refractivity contribution in [3.63, 3.8) is 0 Å². The lowest BCUT2D eigenvalue weighted by Gasteiger charge is -2.24. The van der Waals surface area contributed by atoms with E-state index in [2.05, 4.69) is 26.6 Å². The summed E-state index contributed by atoms with van der Waals surface area (Å²) in [6, 6.07) is 4.47. The summed E-state index contributed by atoms with van der Waals surface area (Å²) in [5.74, 6) is -1.19. The second-order valence-electron chi connectivity index (χ2n) is 4.61. The Hall–Kier alpha value is -1.40. The van der Waals surface area contributed by atoms with Crippen LogP contribution >= 0.6 is 15.9 Å². The van der Waals surface area contributed by atoms with Crippen molar-refractivity contribution < 1.29 is 14.7 Å². The molecular weight excluding hydrogens is 312 g/mol. The Kier molecular flexibility index (Phi) is 5.08.